The van der Waals surface area contributed by atoms with Gasteiger partial charge in [-0.1, -0.05) is 5.16 Å². The van der Waals surface area contributed by atoms with E-state index >= 15 is 0 Å². The van der Waals surface area contributed by atoms with Gasteiger partial charge in [-0.15, -0.1) is 0 Å². The summed E-state index contributed by atoms with van der Waals surface area (Å²) in [7, 11) is 0. The predicted octanol–water partition coefficient (Wildman–Crippen LogP) is 2.39. The summed E-state index contributed by atoms with van der Waals surface area (Å²) in [5.74, 6) is 3.01. The molecule has 2 aromatic heterocycles. The number of benzene rings is 1. The van der Waals surface area contributed by atoms with Gasteiger partial charge in [0.1, 0.15) is 5.75 Å². The number of pyridine rings is 1. The molecule has 3 aromatic rings. The van der Waals surface area contributed by atoms with Crippen molar-refractivity contribution in [2.45, 2.75) is 26.5 Å². The van der Waals surface area contributed by atoms with Crippen LogP contribution < -0.4 is 19.5 Å². The number of rotatable bonds is 4. The third-order valence-corrected chi connectivity index (χ3v) is 4.73. The van der Waals surface area contributed by atoms with Crippen molar-refractivity contribution >= 4 is 0 Å². The summed E-state index contributed by atoms with van der Waals surface area (Å²) in [4.78, 5) is 9.00. The minimum atomic E-state index is 0.176. The van der Waals surface area contributed by atoms with Gasteiger partial charge < -0.3 is 24.1 Å². The minimum Gasteiger partial charge on any atom is -0.484 e. The van der Waals surface area contributed by atoms with Crippen molar-refractivity contribution in [1.29, 1.82) is 0 Å². The van der Waals surface area contributed by atoms with Crippen LogP contribution in [-0.2, 0) is 19.6 Å². The van der Waals surface area contributed by atoms with Crippen LogP contribution in [0.3, 0.4) is 0 Å². The van der Waals surface area contributed by atoms with Crippen LogP contribution in [0.4, 0.5) is 0 Å². The molecule has 8 heteroatoms. The van der Waals surface area contributed by atoms with Gasteiger partial charge in [-0.2, -0.15) is 4.98 Å². The maximum Gasteiger partial charge on any atom is 0.264 e. The van der Waals surface area contributed by atoms with E-state index in [0.29, 0.717) is 29.0 Å². The van der Waals surface area contributed by atoms with Gasteiger partial charge >= 0.3 is 0 Å². The van der Waals surface area contributed by atoms with Gasteiger partial charge in [-0.05, 0) is 43.1 Å². The van der Waals surface area contributed by atoms with Crippen molar-refractivity contribution in [2.75, 3.05) is 13.3 Å². The van der Waals surface area contributed by atoms with Crippen LogP contribution >= 0.6 is 0 Å². The average molecular weight is 366 g/mol. The molecule has 5 rings (SSSR count). The highest BCUT2D eigenvalue weighted by Gasteiger charge is 2.21. The number of nitrogens with one attached hydrogen (secondary N) is 1. The molecule has 2 aliphatic heterocycles. The quantitative estimate of drug-likeness (QED) is 0.753. The maximum absolute atomic E-state index is 5.75. The van der Waals surface area contributed by atoms with E-state index in [0.717, 1.165) is 30.8 Å². The Morgan fingerprint density at radius 1 is 1.22 bits per heavy atom. The molecule has 2 aliphatic rings. The highest BCUT2D eigenvalue weighted by molar-refractivity contribution is 5.64. The second-order valence-electron chi connectivity index (χ2n) is 6.46. The Kier molecular flexibility index (Phi) is 3.90. The fourth-order valence-corrected chi connectivity index (χ4v) is 3.39. The first kappa shape index (κ1) is 16.1. The molecule has 8 nitrogen and oxygen atoms in total. The standard InChI is InChI=1S/C19H18N4O4/c1-11-18(14-4-5-20-7-12(14)8-21-11)19-22-17(27-23-19)9-24-13-2-3-15-16(6-13)26-10-25-15/h2-3,6,8,20H,4-5,7,9-10H2,1H3. The summed E-state index contributed by atoms with van der Waals surface area (Å²) in [6.07, 6.45) is 2.84. The van der Waals surface area contributed by atoms with Gasteiger partial charge in [-0.3, -0.25) is 4.98 Å². The smallest absolute Gasteiger partial charge is 0.264 e. The zero-order chi connectivity index (χ0) is 18.2. The molecular formula is C19H18N4O4. The molecule has 0 amide bonds. The van der Waals surface area contributed by atoms with Gasteiger partial charge in [0.25, 0.3) is 5.89 Å². The monoisotopic (exact) mass is 366 g/mol. The number of ether oxygens (including phenoxy) is 3. The molecule has 0 bridgehead atoms. The van der Waals surface area contributed by atoms with E-state index in [1.54, 1.807) is 6.07 Å². The van der Waals surface area contributed by atoms with Crippen molar-refractivity contribution < 1.29 is 18.7 Å². The molecule has 0 fully saturated rings. The first-order chi connectivity index (χ1) is 13.3. The number of hydrogen-bond donors (Lipinski definition) is 1. The average Bonchev–Trinajstić information content (AvgIpc) is 3.35. The van der Waals surface area contributed by atoms with Crippen LogP contribution in [0.5, 0.6) is 17.2 Å². The number of aromatic nitrogens is 3. The molecule has 4 heterocycles. The van der Waals surface area contributed by atoms with Gasteiger partial charge in [0.05, 0.1) is 0 Å². The third-order valence-electron chi connectivity index (χ3n) is 4.73. The third kappa shape index (κ3) is 2.97. The lowest BCUT2D eigenvalue weighted by molar-refractivity contribution is 0.173. The fourth-order valence-electron chi connectivity index (χ4n) is 3.39. The topological polar surface area (TPSA) is 91.5 Å². The van der Waals surface area contributed by atoms with Gasteiger partial charge in [0.15, 0.2) is 18.1 Å². The van der Waals surface area contributed by atoms with E-state index in [1.807, 2.05) is 25.3 Å². The van der Waals surface area contributed by atoms with Gasteiger partial charge in [-0.25, -0.2) is 0 Å². The minimum absolute atomic E-state index is 0.176. The van der Waals surface area contributed by atoms with Crippen molar-refractivity contribution in [1.82, 2.24) is 20.4 Å². The van der Waals surface area contributed by atoms with Gasteiger partial charge in [0, 0.05) is 30.1 Å². The lowest BCUT2D eigenvalue weighted by Gasteiger charge is -2.19. The van der Waals surface area contributed by atoms with E-state index in [4.69, 9.17) is 18.7 Å². The fraction of sp³-hybridized carbons (Fsp3) is 0.316. The molecule has 0 aliphatic carbocycles. The van der Waals surface area contributed by atoms with Crippen LogP contribution in [0.15, 0.2) is 28.9 Å². The maximum atomic E-state index is 5.75. The van der Waals surface area contributed by atoms with Crippen LogP contribution in [0.25, 0.3) is 11.4 Å². The van der Waals surface area contributed by atoms with Crippen LogP contribution in [0, 0.1) is 6.92 Å². The number of hydrogen-bond acceptors (Lipinski definition) is 8. The predicted molar refractivity (Wildman–Crippen MR) is 94.6 cm³/mol. The molecule has 0 unspecified atom stereocenters. The largest absolute Gasteiger partial charge is 0.484 e. The highest BCUT2D eigenvalue weighted by atomic mass is 16.7. The Morgan fingerprint density at radius 3 is 3.11 bits per heavy atom. The Morgan fingerprint density at radius 2 is 2.15 bits per heavy atom. The Bertz CT molecular complexity index is 1000. The lowest BCUT2D eigenvalue weighted by Crippen LogP contribution is -2.24. The molecule has 0 spiro atoms. The van der Waals surface area contributed by atoms with E-state index in [9.17, 15) is 0 Å². The number of aryl methyl sites for hydroxylation is 1. The van der Waals surface area contributed by atoms with Crippen molar-refractivity contribution in [2.24, 2.45) is 0 Å². The Hall–Kier alpha value is -3.13. The highest BCUT2D eigenvalue weighted by Crippen LogP contribution is 2.35. The summed E-state index contributed by atoms with van der Waals surface area (Å²) in [6, 6.07) is 5.42. The normalized spacial score (nSPS) is 14.9. The van der Waals surface area contributed by atoms with Crippen molar-refractivity contribution in [3.05, 3.63) is 47.1 Å². The first-order valence-corrected chi connectivity index (χ1v) is 8.81. The van der Waals surface area contributed by atoms with Crippen LogP contribution in [0.1, 0.15) is 22.7 Å². The zero-order valence-electron chi connectivity index (χ0n) is 14.8. The Balaban J connectivity index is 1.36. The molecule has 0 radical (unpaired) electrons. The molecule has 138 valence electrons. The summed E-state index contributed by atoms with van der Waals surface area (Å²) in [6.45, 7) is 4.12. The first-order valence-electron chi connectivity index (χ1n) is 8.81. The number of nitrogens with zero attached hydrogens (tertiary/aromatic N) is 3. The summed E-state index contributed by atoms with van der Waals surface area (Å²) in [5, 5.41) is 7.51. The summed E-state index contributed by atoms with van der Waals surface area (Å²) in [5.41, 5.74) is 4.29. The van der Waals surface area contributed by atoms with Crippen molar-refractivity contribution in [3.63, 3.8) is 0 Å². The second kappa shape index (κ2) is 6.55. The van der Waals surface area contributed by atoms with Gasteiger partial charge in [0.2, 0.25) is 12.6 Å². The summed E-state index contributed by atoms with van der Waals surface area (Å²) >= 11 is 0. The molecule has 0 atom stereocenters. The molecule has 1 aromatic carbocycles. The molecule has 0 saturated heterocycles. The molecule has 0 saturated carbocycles. The van der Waals surface area contributed by atoms with Crippen molar-refractivity contribution in [3.8, 4) is 28.6 Å². The number of fused-ring (bicyclic) bond motifs is 2. The molecule has 27 heavy (non-hydrogen) atoms. The Labute approximate surface area is 155 Å². The molecular weight excluding hydrogens is 348 g/mol. The summed E-state index contributed by atoms with van der Waals surface area (Å²) < 4.78 is 21.8. The van der Waals surface area contributed by atoms with E-state index in [1.165, 1.54) is 11.1 Å². The van der Waals surface area contributed by atoms with E-state index in [-0.39, 0.29) is 13.4 Å². The SMILES string of the molecule is Cc1ncc2c(c1-c1noc(COc3ccc4c(c3)OCO4)n1)CCNC2. The molecule has 1 N–H and O–H groups in total. The second-order valence-corrected chi connectivity index (χ2v) is 6.46. The van der Waals surface area contributed by atoms with Crippen LogP contribution in [-0.4, -0.2) is 28.5 Å². The van der Waals surface area contributed by atoms with E-state index < -0.39 is 0 Å². The lowest BCUT2D eigenvalue weighted by atomic mass is 9.95. The zero-order valence-corrected chi connectivity index (χ0v) is 14.8. The van der Waals surface area contributed by atoms with E-state index in [2.05, 4.69) is 20.4 Å². The van der Waals surface area contributed by atoms with Crippen LogP contribution in [0.2, 0.25) is 0 Å².